The van der Waals surface area contributed by atoms with Gasteiger partial charge in [-0.3, -0.25) is 9.80 Å². The Balaban J connectivity index is 0.00000450. The first-order chi connectivity index (χ1) is 14.0. The van der Waals surface area contributed by atoms with Crippen LogP contribution in [-0.4, -0.2) is 73.8 Å². The van der Waals surface area contributed by atoms with E-state index >= 15 is 0 Å². The van der Waals surface area contributed by atoms with E-state index in [9.17, 15) is 0 Å². The molecule has 7 heteroatoms. The molecule has 1 aliphatic heterocycles. The number of nitrogens with zero attached hydrogens (tertiary/aromatic N) is 3. The molecule has 1 heterocycles. The minimum atomic E-state index is 0. The molecule has 0 spiro atoms. The maximum atomic E-state index is 5.49. The number of aliphatic imine (C=N–C) groups is 1. The summed E-state index contributed by atoms with van der Waals surface area (Å²) in [6.45, 7) is 20.2. The van der Waals surface area contributed by atoms with Crippen LogP contribution in [0.15, 0.2) is 29.3 Å². The first-order valence-corrected chi connectivity index (χ1v) is 11.1. The normalized spacial score (nSPS) is 15.7. The highest BCUT2D eigenvalue weighted by molar-refractivity contribution is 14.0. The van der Waals surface area contributed by atoms with Crippen LogP contribution < -0.4 is 10.6 Å². The molecule has 0 amide bonds. The first kappa shape index (κ1) is 27.1. The quantitative estimate of drug-likeness (QED) is 0.276. The van der Waals surface area contributed by atoms with Gasteiger partial charge in [0.15, 0.2) is 5.96 Å². The molecule has 2 rings (SSSR count). The van der Waals surface area contributed by atoms with Crippen molar-refractivity contribution in [3.8, 4) is 0 Å². The molecule has 1 aromatic rings. The Labute approximate surface area is 200 Å². The minimum absolute atomic E-state index is 0. The van der Waals surface area contributed by atoms with Crippen molar-refractivity contribution in [2.75, 3.05) is 52.5 Å². The number of hydrogen-bond donors (Lipinski definition) is 2. The molecule has 0 unspecified atom stereocenters. The Hall–Kier alpha value is -0.900. The van der Waals surface area contributed by atoms with E-state index in [0.29, 0.717) is 6.54 Å². The van der Waals surface area contributed by atoms with E-state index in [1.165, 1.54) is 11.1 Å². The minimum Gasteiger partial charge on any atom is -0.379 e. The topological polar surface area (TPSA) is 52.1 Å². The molecular weight excluding hydrogens is 489 g/mol. The van der Waals surface area contributed by atoms with Crippen LogP contribution in [0.3, 0.4) is 0 Å². The Kier molecular flexibility index (Phi) is 12.9. The molecule has 1 saturated heterocycles. The van der Waals surface area contributed by atoms with E-state index in [2.05, 4.69) is 79.3 Å². The largest absolute Gasteiger partial charge is 0.379 e. The third-order valence-corrected chi connectivity index (χ3v) is 5.61. The molecule has 0 radical (unpaired) electrons. The maximum absolute atomic E-state index is 5.49. The van der Waals surface area contributed by atoms with Gasteiger partial charge in [0.25, 0.3) is 0 Å². The van der Waals surface area contributed by atoms with Crippen LogP contribution in [0.2, 0.25) is 0 Å². The highest BCUT2D eigenvalue weighted by Crippen LogP contribution is 2.15. The molecule has 0 aliphatic carbocycles. The van der Waals surface area contributed by atoms with Gasteiger partial charge in [-0.05, 0) is 45.0 Å². The lowest BCUT2D eigenvalue weighted by molar-refractivity contribution is -0.00834. The van der Waals surface area contributed by atoms with Crippen molar-refractivity contribution in [1.82, 2.24) is 20.4 Å². The molecule has 6 nitrogen and oxygen atoms in total. The molecule has 1 aliphatic rings. The van der Waals surface area contributed by atoms with Crippen LogP contribution in [0.5, 0.6) is 0 Å². The number of hydrogen-bond acceptors (Lipinski definition) is 4. The summed E-state index contributed by atoms with van der Waals surface area (Å²) in [5.41, 5.74) is 2.66. The number of halogens is 1. The van der Waals surface area contributed by atoms with E-state index in [4.69, 9.17) is 9.73 Å². The van der Waals surface area contributed by atoms with Gasteiger partial charge in [-0.25, -0.2) is 4.99 Å². The van der Waals surface area contributed by atoms with Crippen molar-refractivity contribution in [3.05, 3.63) is 35.4 Å². The second-order valence-corrected chi connectivity index (χ2v) is 8.24. The first-order valence-electron chi connectivity index (χ1n) is 11.1. The highest BCUT2D eigenvalue weighted by atomic mass is 127. The summed E-state index contributed by atoms with van der Waals surface area (Å²) in [6.07, 6.45) is 0. The van der Waals surface area contributed by atoms with Crippen molar-refractivity contribution in [3.63, 3.8) is 0 Å². The molecule has 2 N–H and O–H groups in total. The monoisotopic (exact) mass is 531 g/mol. The van der Waals surface area contributed by atoms with Crippen LogP contribution in [0.1, 0.15) is 45.7 Å². The summed E-state index contributed by atoms with van der Waals surface area (Å²) in [7, 11) is 0. The lowest BCUT2D eigenvalue weighted by atomic mass is 10.0. The van der Waals surface area contributed by atoms with E-state index in [-0.39, 0.29) is 29.5 Å². The van der Waals surface area contributed by atoms with E-state index in [0.717, 1.165) is 65.0 Å². The van der Waals surface area contributed by atoms with Gasteiger partial charge in [0, 0.05) is 38.3 Å². The maximum Gasteiger partial charge on any atom is 0.191 e. The van der Waals surface area contributed by atoms with Crippen LogP contribution in [0.25, 0.3) is 0 Å². The summed E-state index contributed by atoms with van der Waals surface area (Å²) in [4.78, 5) is 9.75. The van der Waals surface area contributed by atoms with Crippen molar-refractivity contribution in [2.24, 2.45) is 4.99 Å². The fourth-order valence-electron chi connectivity index (χ4n) is 3.62. The van der Waals surface area contributed by atoms with E-state index in [1.807, 2.05) is 0 Å². The second-order valence-electron chi connectivity index (χ2n) is 8.24. The van der Waals surface area contributed by atoms with Crippen molar-refractivity contribution in [2.45, 2.75) is 53.2 Å². The predicted molar refractivity (Wildman–Crippen MR) is 138 cm³/mol. The third-order valence-electron chi connectivity index (χ3n) is 5.61. The average Bonchev–Trinajstić information content (AvgIpc) is 2.75. The van der Waals surface area contributed by atoms with Gasteiger partial charge in [0.05, 0.1) is 19.8 Å². The van der Waals surface area contributed by atoms with Crippen molar-refractivity contribution >= 4 is 29.9 Å². The number of benzene rings is 1. The number of guanidine groups is 1. The second kappa shape index (κ2) is 14.2. The van der Waals surface area contributed by atoms with Gasteiger partial charge < -0.3 is 15.4 Å². The Bertz CT molecular complexity index is 628. The Morgan fingerprint density at radius 3 is 2.40 bits per heavy atom. The molecule has 30 heavy (non-hydrogen) atoms. The van der Waals surface area contributed by atoms with Gasteiger partial charge in [-0.1, -0.05) is 38.1 Å². The van der Waals surface area contributed by atoms with Gasteiger partial charge in [0.1, 0.15) is 0 Å². The zero-order chi connectivity index (χ0) is 21.1. The molecule has 1 fully saturated rings. The summed E-state index contributed by atoms with van der Waals surface area (Å²) < 4.78 is 5.49. The fraction of sp³-hybridized carbons (Fsp3) is 0.696. The van der Waals surface area contributed by atoms with Crippen molar-refractivity contribution in [1.29, 1.82) is 0 Å². The summed E-state index contributed by atoms with van der Waals surface area (Å²) in [5.74, 6) is 0.878. The number of rotatable bonds is 10. The van der Waals surface area contributed by atoms with Crippen LogP contribution in [-0.2, 0) is 17.8 Å². The predicted octanol–water partition coefficient (Wildman–Crippen LogP) is 3.31. The molecule has 0 atom stereocenters. The molecule has 0 aromatic heterocycles. The lowest BCUT2D eigenvalue weighted by Gasteiger charge is -2.41. The molecular formula is C23H42IN5O. The summed E-state index contributed by atoms with van der Waals surface area (Å²) in [5, 5.41) is 6.92. The molecule has 1 aromatic carbocycles. The van der Waals surface area contributed by atoms with E-state index < -0.39 is 0 Å². The molecule has 0 bridgehead atoms. The SMILES string of the molecule is CCNC(=NCc1cccc(CN(CC)CC)c1)NCC(C)(C)N1CCOCC1.I. The van der Waals surface area contributed by atoms with Gasteiger partial charge in [0.2, 0.25) is 0 Å². The number of nitrogens with one attached hydrogen (secondary N) is 2. The molecule has 0 saturated carbocycles. The molecule has 172 valence electrons. The smallest absolute Gasteiger partial charge is 0.191 e. The third kappa shape index (κ3) is 9.08. The zero-order valence-corrected chi connectivity index (χ0v) is 21.9. The average molecular weight is 532 g/mol. The highest BCUT2D eigenvalue weighted by Gasteiger charge is 2.28. The number of morpholine rings is 1. The van der Waals surface area contributed by atoms with Crippen molar-refractivity contribution < 1.29 is 4.74 Å². The van der Waals surface area contributed by atoms with Gasteiger partial charge in [-0.15, -0.1) is 24.0 Å². The fourth-order valence-corrected chi connectivity index (χ4v) is 3.62. The Morgan fingerprint density at radius 1 is 1.10 bits per heavy atom. The standard InChI is InChI=1S/C23H41N5O.HI/c1-6-24-22(26-19-23(4,5)28-12-14-29-15-13-28)25-17-20-10-9-11-21(16-20)18-27(7-2)8-3;/h9-11,16H,6-8,12-15,17-19H2,1-5H3,(H2,24,25,26);1H. The van der Waals surface area contributed by atoms with Gasteiger partial charge in [-0.2, -0.15) is 0 Å². The van der Waals surface area contributed by atoms with E-state index in [1.54, 1.807) is 0 Å². The van der Waals surface area contributed by atoms with Gasteiger partial charge >= 0.3 is 0 Å². The lowest BCUT2D eigenvalue weighted by Crippen LogP contribution is -2.56. The van der Waals surface area contributed by atoms with Crippen LogP contribution >= 0.6 is 24.0 Å². The zero-order valence-electron chi connectivity index (χ0n) is 19.5. The summed E-state index contributed by atoms with van der Waals surface area (Å²) in [6, 6.07) is 8.80. The Morgan fingerprint density at radius 2 is 1.77 bits per heavy atom. The van der Waals surface area contributed by atoms with Crippen LogP contribution in [0.4, 0.5) is 0 Å². The summed E-state index contributed by atoms with van der Waals surface area (Å²) >= 11 is 0. The van der Waals surface area contributed by atoms with Crippen LogP contribution in [0, 0.1) is 0 Å². The number of ether oxygens (including phenoxy) is 1.